The molecular formula is C21H23N3O2. The molecular weight excluding hydrogens is 326 g/mol. The van der Waals surface area contributed by atoms with Gasteiger partial charge in [0.05, 0.1) is 11.8 Å². The van der Waals surface area contributed by atoms with Crippen LogP contribution in [0.15, 0.2) is 60.8 Å². The van der Waals surface area contributed by atoms with Gasteiger partial charge >= 0.3 is 0 Å². The molecule has 1 fully saturated rings. The van der Waals surface area contributed by atoms with E-state index in [1.54, 1.807) is 0 Å². The van der Waals surface area contributed by atoms with Crippen LogP contribution in [-0.2, 0) is 13.6 Å². The predicted octanol–water partition coefficient (Wildman–Crippen LogP) is 3.45. The molecule has 134 valence electrons. The third-order valence-electron chi connectivity index (χ3n) is 4.65. The Morgan fingerprint density at radius 2 is 1.81 bits per heavy atom. The minimum Gasteiger partial charge on any atom is -0.457 e. The van der Waals surface area contributed by atoms with E-state index in [1.807, 2.05) is 66.3 Å². The molecule has 26 heavy (non-hydrogen) atoms. The van der Waals surface area contributed by atoms with Gasteiger partial charge in [-0.05, 0) is 42.8 Å². The van der Waals surface area contributed by atoms with Crippen molar-refractivity contribution in [3.63, 3.8) is 0 Å². The van der Waals surface area contributed by atoms with Gasteiger partial charge in [0.2, 0.25) is 0 Å². The SMILES string of the molecule is Cn1cc(CN2CC[C@@H](O)C2)c(-c2ccc(Oc3ccccc3)cc2)n1. The Hall–Kier alpha value is -2.63. The van der Waals surface area contributed by atoms with Crippen LogP contribution in [0.25, 0.3) is 11.3 Å². The second-order valence-electron chi connectivity index (χ2n) is 6.79. The molecule has 1 aliphatic rings. The Morgan fingerprint density at radius 1 is 1.08 bits per heavy atom. The van der Waals surface area contributed by atoms with Crippen molar-refractivity contribution in [3.05, 3.63) is 66.4 Å². The summed E-state index contributed by atoms with van der Waals surface area (Å²) >= 11 is 0. The molecule has 0 bridgehead atoms. The summed E-state index contributed by atoms with van der Waals surface area (Å²) < 4.78 is 7.72. The van der Waals surface area contributed by atoms with E-state index in [2.05, 4.69) is 16.2 Å². The summed E-state index contributed by atoms with van der Waals surface area (Å²) in [4.78, 5) is 2.28. The number of hydrogen-bond acceptors (Lipinski definition) is 4. The molecule has 0 amide bonds. The number of likely N-dealkylation sites (tertiary alicyclic amines) is 1. The number of aryl methyl sites for hydroxylation is 1. The number of aliphatic hydroxyl groups excluding tert-OH is 1. The zero-order chi connectivity index (χ0) is 17.9. The predicted molar refractivity (Wildman–Crippen MR) is 101 cm³/mol. The first-order chi connectivity index (χ1) is 12.7. The highest BCUT2D eigenvalue weighted by Gasteiger charge is 2.22. The number of β-amino-alcohol motifs (C(OH)–C–C–N with tert-alkyl or cyclic N) is 1. The summed E-state index contributed by atoms with van der Waals surface area (Å²) in [7, 11) is 1.94. The zero-order valence-electron chi connectivity index (χ0n) is 14.9. The van der Waals surface area contributed by atoms with E-state index in [0.717, 1.165) is 48.8 Å². The van der Waals surface area contributed by atoms with Crippen LogP contribution in [0.4, 0.5) is 0 Å². The number of rotatable bonds is 5. The van der Waals surface area contributed by atoms with Crippen molar-refractivity contribution in [2.24, 2.45) is 7.05 Å². The Balaban J connectivity index is 1.52. The van der Waals surface area contributed by atoms with Crippen molar-refractivity contribution >= 4 is 0 Å². The fraction of sp³-hybridized carbons (Fsp3) is 0.286. The fourth-order valence-corrected chi connectivity index (χ4v) is 3.40. The van der Waals surface area contributed by atoms with Gasteiger partial charge in [-0.3, -0.25) is 9.58 Å². The van der Waals surface area contributed by atoms with E-state index < -0.39 is 0 Å². The van der Waals surface area contributed by atoms with Gasteiger partial charge in [0.15, 0.2) is 0 Å². The minimum atomic E-state index is -0.204. The molecule has 0 radical (unpaired) electrons. The average Bonchev–Trinajstić information content (AvgIpc) is 3.22. The molecule has 0 unspecified atom stereocenters. The Kier molecular flexibility index (Phi) is 4.73. The zero-order valence-corrected chi connectivity index (χ0v) is 14.9. The van der Waals surface area contributed by atoms with Gasteiger partial charge in [0.25, 0.3) is 0 Å². The van der Waals surface area contributed by atoms with Gasteiger partial charge in [-0.25, -0.2) is 0 Å². The van der Waals surface area contributed by atoms with Crippen molar-refractivity contribution in [3.8, 4) is 22.8 Å². The van der Waals surface area contributed by atoms with E-state index in [1.165, 1.54) is 5.56 Å². The molecule has 3 aromatic rings. The molecule has 2 aromatic carbocycles. The van der Waals surface area contributed by atoms with Gasteiger partial charge < -0.3 is 9.84 Å². The average molecular weight is 349 g/mol. The standard InChI is InChI=1S/C21H23N3O2/c1-23-13-17(14-24-12-11-18(25)15-24)21(22-23)16-7-9-20(10-8-16)26-19-5-3-2-4-6-19/h2-10,13,18,25H,11-12,14-15H2,1H3/t18-/m1/s1. The maximum atomic E-state index is 9.74. The van der Waals surface area contributed by atoms with Crippen LogP contribution in [0.1, 0.15) is 12.0 Å². The highest BCUT2D eigenvalue weighted by molar-refractivity contribution is 5.63. The number of benzene rings is 2. The molecule has 0 saturated carbocycles. The lowest BCUT2D eigenvalue weighted by atomic mass is 10.1. The Bertz CT molecular complexity index is 859. The molecule has 2 heterocycles. The minimum absolute atomic E-state index is 0.204. The summed E-state index contributed by atoms with van der Waals surface area (Å²) in [6.07, 6.45) is 2.71. The number of aliphatic hydroxyl groups is 1. The molecule has 0 aliphatic carbocycles. The fourth-order valence-electron chi connectivity index (χ4n) is 3.40. The normalized spacial score (nSPS) is 17.5. The highest BCUT2D eigenvalue weighted by Crippen LogP contribution is 2.28. The van der Waals surface area contributed by atoms with Gasteiger partial charge in [-0.2, -0.15) is 5.10 Å². The Labute approximate surface area is 153 Å². The van der Waals surface area contributed by atoms with Crippen LogP contribution in [0, 0.1) is 0 Å². The van der Waals surface area contributed by atoms with Gasteiger partial charge in [0, 0.05) is 44.0 Å². The van der Waals surface area contributed by atoms with E-state index in [4.69, 9.17) is 4.74 Å². The molecule has 1 atom stereocenters. The third kappa shape index (κ3) is 3.79. The van der Waals surface area contributed by atoms with Crippen molar-refractivity contribution in [1.82, 2.24) is 14.7 Å². The second-order valence-corrected chi connectivity index (χ2v) is 6.79. The first-order valence-electron chi connectivity index (χ1n) is 8.93. The molecule has 1 aromatic heterocycles. The van der Waals surface area contributed by atoms with E-state index >= 15 is 0 Å². The van der Waals surface area contributed by atoms with E-state index in [-0.39, 0.29) is 6.10 Å². The molecule has 0 spiro atoms. The topological polar surface area (TPSA) is 50.5 Å². The smallest absolute Gasteiger partial charge is 0.127 e. The molecule has 5 nitrogen and oxygen atoms in total. The van der Waals surface area contributed by atoms with E-state index in [0.29, 0.717) is 0 Å². The van der Waals surface area contributed by atoms with Crippen LogP contribution in [-0.4, -0.2) is 39.0 Å². The highest BCUT2D eigenvalue weighted by atomic mass is 16.5. The Morgan fingerprint density at radius 3 is 2.50 bits per heavy atom. The summed E-state index contributed by atoms with van der Waals surface area (Å²) in [6.45, 7) is 2.47. The largest absolute Gasteiger partial charge is 0.457 e. The van der Waals surface area contributed by atoms with Crippen LogP contribution in [0.5, 0.6) is 11.5 Å². The molecule has 1 saturated heterocycles. The number of nitrogens with zero attached hydrogens (tertiary/aromatic N) is 3. The van der Waals surface area contributed by atoms with Crippen molar-refractivity contribution in [1.29, 1.82) is 0 Å². The maximum absolute atomic E-state index is 9.74. The monoisotopic (exact) mass is 349 g/mol. The second kappa shape index (κ2) is 7.32. The number of para-hydroxylation sites is 1. The quantitative estimate of drug-likeness (QED) is 0.767. The lowest BCUT2D eigenvalue weighted by Gasteiger charge is -2.14. The van der Waals surface area contributed by atoms with Crippen LogP contribution >= 0.6 is 0 Å². The molecule has 5 heteroatoms. The number of hydrogen-bond donors (Lipinski definition) is 1. The molecule has 1 aliphatic heterocycles. The van der Waals surface area contributed by atoms with Gasteiger partial charge in [0.1, 0.15) is 11.5 Å². The summed E-state index contributed by atoms with van der Waals surface area (Å²) in [5, 5.41) is 14.4. The van der Waals surface area contributed by atoms with E-state index in [9.17, 15) is 5.11 Å². The van der Waals surface area contributed by atoms with Crippen LogP contribution in [0.3, 0.4) is 0 Å². The van der Waals surface area contributed by atoms with Crippen LogP contribution < -0.4 is 4.74 Å². The van der Waals surface area contributed by atoms with Crippen molar-refractivity contribution in [2.45, 2.75) is 19.1 Å². The van der Waals surface area contributed by atoms with Crippen molar-refractivity contribution in [2.75, 3.05) is 13.1 Å². The lowest BCUT2D eigenvalue weighted by molar-refractivity contribution is 0.175. The lowest BCUT2D eigenvalue weighted by Crippen LogP contribution is -2.21. The third-order valence-corrected chi connectivity index (χ3v) is 4.65. The number of aromatic nitrogens is 2. The van der Waals surface area contributed by atoms with Crippen molar-refractivity contribution < 1.29 is 9.84 Å². The maximum Gasteiger partial charge on any atom is 0.127 e. The number of ether oxygens (including phenoxy) is 1. The summed E-state index contributed by atoms with van der Waals surface area (Å²) in [5.74, 6) is 1.63. The van der Waals surface area contributed by atoms with Crippen LogP contribution in [0.2, 0.25) is 0 Å². The van der Waals surface area contributed by atoms with Gasteiger partial charge in [-0.1, -0.05) is 18.2 Å². The first kappa shape index (κ1) is 16.8. The first-order valence-corrected chi connectivity index (χ1v) is 8.93. The molecule has 1 N–H and O–H groups in total. The summed E-state index contributed by atoms with van der Waals surface area (Å²) in [5.41, 5.74) is 3.24. The van der Waals surface area contributed by atoms with Gasteiger partial charge in [-0.15, -0.1) is 0 Å². The summed E-state index contributed by atoms with van der Waals surface area (Å²) in [6, 6.07) is 17.8. The molecule has 4 rings (SSSR count).